The van der Waals surface area contributed by atoms with E-state index in [0.29, 0.717) is 24.2 Å². The van der Waals surface area contributed by atoms with Gasteiger partial charge in [0.25, 0.3) is 0 Å². The van der Waals surface area contributed by atoms with Crippen LogP contribution in [-0.4, -0.2) is 37.9 Å². The molecule has 6 nitrogen and oxygen atoms in total. The summed E-state index contributed by atoms with van der Waals surface area (Å²) < 4.78 is 10.7. The predicted octanol–water partition coefficient (Wildman–Crippen LogP) is -0.433. The van der Waals surface area contributed by atoms with Crippen molar-refractivity contribution in [2.75, 3.05) is 29.6 Å². The van der Waals surface area contributed by atoms with Crippen LogP contribution in [0.2, 0.25) is 0 Å². The Morgan fingerprint density at radius 3 is 3.00 bits per heavy atom. The minimum absolute atomic E-state index is 0.293. The predicted molar refractivity (Wildman–Crippen MR) is 52.8 cm³/mol. The van der Waals surface area contributed by atoms with Crippen molar-refractivity contribution in [3.05, 3.63) is 0 Å². The van der Waals surface area contributed by atoms with Crippen molar-refractivity contribution >= 4 is 22.7 Å². The van der Waals surface area contributed by atoms with Gasteiger partial charge >= 0.3 is 0 Å². The summed E-state index contributed by atoms with van der Waals surface area (Å²) >= 11 is 0. The summed E-state index contributed by atoms with van der Waals surface area (Å²) in [6, 6.07) is 0. The molecule has 1 aromatic heterocycles. The first-order chi connectivity index (χ1) is 6.18. The number of nitrogens with one attached hydrogen (secondary N) is 2. The molecule has 74 valence electrons. The van der Waals surface area contributed by atoms with E-state index in [4.69, 9.17) is 5.73 Å². The van der Waals surface area contributed by atoms with Crippen molar-refractivity contribution in [3.8, 4) is 0 Å². The third-order valence-electron chi connectivity index (χ3n) is 1.39. The van der Waals surface area contributed by atoms with Gasteiger partial charge < -0.3 is 11.1 Å². The number of H-pyrrole nitrogens is 1. The van der Waals surface area contributed by atoms with Crippen LogP contribution in [0.5, 0.6) is 0 Å². The molecule has 0 saturated carbocycles. The molecule has 0 spiro atoms. The molecular weight excluding hydrogens is 190 g/mol. The first-order valence-electron chi connectivity index (χ1n) is 3.90. The van der Waals surface area contributed by atoms with Gasteiger partial charge in [0, 0.05) is 29.4 Å². The van der Waals surface area contributed by atoms with Gasteiger partial charge in [0.05, 0.1) is 0 Å². The molecule has 13 heavy (non-hydrogen) atoms. The Kier molecular flexibility index (Phi) is 3.69. The van der Waals surface area contributed by atoms with E-state index in [0.717, 1.165) is 6.42 Å². The summed E-state index contributed by atoms with van der Waals surface area (Å²) in [4.78, 5) is 3.85. The SMILES string of the molecule is CS(=O)CCCNc1n[nH]c(N)n1. The molecule has 1 rings (SSSR count). The van der Waals surface area contributed by atoms with Crippen LogP contribution < -0.4 is 11.1 Å². The fraction of sp³-hybridized carbons (Fsp3) is 0.667. The van der Waals surface area contributed by atoms with Gasteiger partial charge in [-0.3, -0.25) is 4.21 Å². The molecule has 0 radical (unpaired) electrons. The molecule has 0 bridgehead atoms. The van der Waals surface area contributed by atoms with Crippen LogP contribution in [0.15, 0.2) is 0 Å². The second kappa shape index (κ2) is 4.80. The van der Waals surface area contributed by atoms with Gasteiger partial charge in [-0.05, 0) is 6.42 Å². The van der Waals surface area contributed by atoms with E-state index < -0.39 is 10.8 Å². The van der Waals surface area contributed by atoms with E-state index in [-0.39, 0.29) is 0 Å². The maximum absolute atomic E-state index is 10.7. The molecule has 0 aliphatic carbocycles. The van der Waals surface area contributed by atoms with Crippen LogP contribution in [0, 0.1) is 0 Å². The molecule has 0 aliphatic rings. The number of hydrogen-bond donors (Lipinski definition) is 3. The highest BCUT2D eigenvalue weighted by atomic mass is 32.2. The lowest BCUT2D eigenvalue weighted by Crippen LogP contribution is -2.07. The van der Waals surface area contributed by atoms with Gasteiger partial charge in [-0.1, -0.05) is 0 Å². The largest absolute Gasteiger partial charge is 0.368 e. The van der Waals surface area contributed by atoms with Gasteiger partial charge in [-0.25, -0.2) is 5.10 Å². The molecule has 1 unspecified atom stereocenters. The number of nitrogens with two attached hydrogens (primary N) is 1. The van der Waals surface area contributed by atoms with Gasteiger partial charge in [-0.2, -0.15) is 4.98 Å². The Labute approximate surface area is 78.8 Å². The van der Waals surface area contributed by atoms with Crippen molar-refractivity contribution in [1.29, 1.82) is 0 Å². The zero-order valence-corrected chi connectivity index (χ0v) is 8.23. The van der Waals surface area contributed by atoms with E-state index in [2.05, 4.69) is 20.5 Å². The zero-order chi connectivity index (χ0) is 9.68. The number of anilines is 2. The van der Waals surface area contributed by atoms with E-state index in [1.54, 1.807) is 6.26 Å². The third-order valence-corrected chi connectivity index (χ3v) is 2.26. The number of nitrogens with zero attached hydrogens (tertiary/aromatic N) is 2. The molecule has 0 amide bonds. The van der Waals surface area contributed by atoms with Crippen LogP contribution in [0.4, 0.5) is 11.9 Å². The number of aromatic amines is 1. The van der Waals surface area contributed by atoms with E-state index >= 15 is 0 Å². The molecule has 1 atom stereocenters. The number of hydrogen-bond acceptors (Lipinski definition) is 5. The fourth-order valence-electron chi connectivity index (χ4n) is 0.829. The molecule has 4 N–H and O–H groups in total. The maximum Gasteiger partial charge on any atom is 0.243 e. The summed E-state index contributed by atoms with van der Waals surface area (Å²) in [5.74, 6) is 1.47. The van der Waals surface area contributed by atoms with Gasteiger partial charge in [0.1, 0.15) is 0 Å². The molecule has 0 aromatic carbocycles. The minimum atomic E-state index is -0.732. The molecule has 7 heteroatoms. The van der Waals surface area contributed by atoms with Crippen molar-refractivity contribution in [1.82, 2.24) is 15.2 Å². The monoisotopic (exact) mass is 203 g/mol. The molecular formula is C6H13N5OS. The standard InChI is InChI=1S/C6H13N5OS/c1-13(12)4-2-3-8-6-9-5(7)10-11-6/h2-4H2,1H3,(H4,7,8,9,10,11). The lowest BCUT2D eigenvalue weighted by molar-refractivity contribution is 0.685. The van der Waals surface area contributed by atoms with Crippen LogP contribution in [-0.2, 0) is 10.8 Å². The Bertz CT molecular complexity index is 286. The maximum atomic E-state index is 10.7. The summed E-state index contributed by atoms with van der Waals surface area (Å²) in [6.07, 6.45) is 2.52. The molecule has 0 fully saturated rings. The summed E-state index contributed by atoms with van der Waals surface area (Å²) in [7, 11) is -0.732. The second-order valence-corrected chi connectivity index (χ2v) is 4.16. The second-order valence-electron chi connectivity index (χ2n) is 2.60. The molecule has 0 aliphatic heterocycles. The quantitative estimate of drug-likeness (QED) is 0.564. The van der Waals surface area contributed by atoms with Crippen molar-refractivity contribution in [3.63, 3.8) is 0 Å². The van der Waals surface area contributed by atoms with Crippen LogP contribution in [0.3, 0.4) is 0 Å². The van der Waals surface area contributed by atoms with Crippen LogP contribution in [0.1, 0.15) is 6.42 Å². The normalized spacial score (nSPS) is 12.7. The Morgan fingerprint density at radius 1 is 1.69 bits per heavy atom. The Hall–Kier alpha value is -1.11. The first-order valence-corrected chi connectivity index (χ1v) is 5.63. The van der Waals surface area contributed by atoms with Crippen molar-refractivity contribution in [2.45, 2.75) is 6.42 Å². The lowest BCUT2D eigenvalue weighted by Gasteiger charge is -1.98. The van der Waals surface area contributed by atoms with Crippen molar-refractivity contribution in [2.24, 2.45) is 0 Å². The lowest BCUT2D eigenvalue weighted by atomic mass is 10.5. The summed E-state index contributed by atoms with van der Waals surface area (Å²) in [5.41, 5.74) is 5.31. The van der Waals surface area contributed by atoms with Crippen molar-refractivity contribution < 1.29 is 4.21 Å². The molecule has 1 aromatic rings. The number of aromatic nitrogens is 3. The number of nitrogen functional groups attached to an aromatic ring is 1. The van der Waals surface area contributed by atoms with E-state index in [1.807, 2.05) is 0 Å². The highest BCUT2D eigenvalue weighted by molar-refractivity contribution is 7.84. The molecule has 0 saturated heterocycles. The Balaban J connectivity index is 2.16. The van der Waals surface area contributed by atoms with Crippen LogP contribution in [0.25, 0.3) is 0 Å². The number of rotatable bonds is 5. The smallest absolute Gasteiger partial charge is 0.243 e. The highest BCUT2D eigenvalue weighted by Gasteiger charge is 1.98. The minimum Gasteiger partial charge on any atom is -0.368 e. The van der Waals surface area contributed by atoms with E-state index in [9.17, 15) is 4.21 Å². The van der Waals surface area contributed by atoms with Gasteiger partial charge in [-0.15, -0.1) is 5.10 Å². The Morgan fingerprint density at radius 2 is 2.46 bits per heavy atom. The average molecular weight is 203 g/mol. The first kappa shape index (κ1) is 9.97. The van der Waals surface area contributed by atoms with Crippen LogP contribution >= 0.6 is 0 Å². The zero-order valence-electron chi connectivity index (χ0n) is 7.41. The van der Waals surface area contributed by atoms with Gasteiger partial charge in [0.15, 0.2) is 0 Å². The fourth-order valence-corrected chi connectivity index (χ4v) is 1.38. The third kappa shape index (κ3) is 3.88. The molecule has 1 heterocycles. The average Bonchev–Trinajstić information content (AvgIpc) is 2.45. The van der Waals surface area contributed by atoms with E-state index in [1.165, 1.54) is 0 Å². The summed E-state index contributed by atoms with van der Waals surface area (Å²) in [6.45, 7) is 0.705. The summed E-state index contributed by atoms with van der Waals surface area (Å²) in [5, 5.41) is 9.25. The topological polar surface area (TPSA) is 96.7 Å². The highest BCUT2D eigenvalue weighted by Crippen LogP contribution is 1.98. The van der Waals surface area contributed by atoms with Gasteiger partial charge in [0.2, 0.25) is 11.9 Å².